The second-order valence-corrected chi connectivity index (χ2v) is 12.7. The van der Waals surface area contributed by atoms with Gasteiger partial charge in [0.15, 0.2) is 0 Å². The van der Waals surface area contributed by atoms with Gasteiger partial charge in [-0.15, -0.1) is 0 Å². The Bertz CT molecular complexity index is 1120. The Hall–Kier alpha value is -1.68. The van der Waals surface area contributed by atoms with Gasteiger partial charge in [-0.05, 0) is 70.3 Å². The van der Waals surface area contributed by atoms with Gasteiger partial charge in [-0.25, -0.2) is 8.42 Å². The first-order valence-electron chi connectivity index (χ1n) is 12.5. The fourth-order valence-electron chi connectivity index (χ4n) is 4.87. The number of benzene rings is 2. The molecule has 10 heteroatoms. The third-order valence-corrected chi connectivity index (χ3v) is 10.1. The molecule has 1 amide bonds. The summed E-state index contributed by atoms with van der Waals surface area (Å²) in [6.07, 6.45) is 5.99. The fourth-order valence-corrected chi connectivity index (χ4v) is 7.11. The van der Waals surface area contributed by atoms with E-state index in [0.29, 0.717) is 0 Å². The van der Waals surface area contributed by atoms with Crippen molar-refractivity contribution in [2.24, 2.45) is 0 Å². The highest BCUT2D eigenvalue weighted by Gasteiger charge is 2.37. The Kier molecular flexibility index (Phi) is 10.8. The fraction of sp³-hybridized carbons (Fsp3) is 0.519. The lowest BCUT2D eigenvalue weighted by Crippen LogP contribution is -2.51. The third kappa shape index (κ3) is 7.91. The summed E-state index contributed by atoms with van der Waals surface area (Å²) in [6.45, 7) is 0.0105. The molecule has 7 nitrogen and oxygen atoms in total. The van der Waals surface area contributed by atoms with Crippen LogP contribution < -0.4 is 5.32 Å². The molecule has 0 saturated heterocycles. The van der Waals surface area contributed by atoms with Gasteiger partial charge >= 0.3 is 0 Å². The van der Waals surface area contributed by atoms with Crippen LogP contribution in [-0.4, -0.2) is 76.0 Å². The molecule has 1 N–H and O–H groups in total. The average molecular weight is 571 g/mol. The van der Waals surface area contributed by atoms with Gasteiger partial charge in [0, 0.05) is 25.2 Å². The molecule has 1 fully saturated rings. The summed E-state index contributed by atoms with van der Waals surface area (Å²) < 4.78 is 32.2. The van der Waals surface area contributed by atoms with E-state index in [1.165, 1.54) is 24.7 Å². The lowest BCUT2D eigenvalue weighted by molar-refractivity contribution is -0.126. The molecule has 3 rings (SSSR count). The molecule has 1 saturated carbocycles. The van der Waals surface area contributed by atoms with Crippen molar-refractivity contribution in [1.82, 2.24) is 14.5 Å². The monoisotopic (exact) mass is 569 g/mol. The summed E-state index contributed by atoms with van der Waals surface area (Å²) in [7, 11) is 1.84. The van der Waals surface area contributed by atoms with E-state index in [9.17, 15) is 13.2 Å². The lowest BCUT2D eigenvalue weighted by Gasteiger charge is -2.45. The Morgan fingerprint density at radius 3 is 2.24 bits per heavy atom. The van der Waals surface area contributed by atoms with Crippen LogP contribution in [-0.2, 0) is 26.0 Å². The third-order valence-electron chi connectivity index (χ3n) is 7.32. The number of carbonyl (C=O) groups is 1. The minimum Gasteiger partial charge on any atom is -0.370 e. The number of sulfonamides is 1. The van der Waals surface area contributed by atoms with E-state index in [4.69, 9.17) is 27.9 Å². The predicted octanol–water partition coefficient (Wildman–Crippen LogP) is 4.62. The van der Waals surface area contributed by atoms with E-state index in [1.807, 2.05) is 6.07 Å². The van der Waals surface area contributed by atoms with Crippen molar-refractivity contribution >= 4 is 39.1 Å². The second kappa shape index (κ2) is 13.4. The van der Waals surface area contributed by atoms with Crippen LogP contribution in [0, 0.1) is 0 Å². The number of aryl methyl sites for hydroxylation is 1. The maximum atomic E-state index is 12.8. The highest BCUT2D eigenvalue weighted by molar-refractivity contribution is 7.89. The highest BCUT2D eigenvalue weighted by atomic mass is 35.5. The van der Waals surface area contributed by atoms with Crippen molar-refractivity contribution in [3.05, 3.63) is 64.1 Å². The Morgan fingerprint density at radius 1 is 1.03 bits per heavy atom. The van der Waals surface area contributed by atoms with Gasteiger partial charge in [-0.2, -0.15) is 4.31 Å². The summed E-state index contributed by atoms with van der Waals surface area (Å²) in [5.41, 5.74) is 1.48. The van der Waals surface area contributed by atoms with Crippen molar-refractivity contribution in [1.29, 1.82) is 0 Å². The van der Waals surface area contributed by atoms with E-state index in [1.54, 1.807) is 6.07 Å². The van der Waals surface area contributed by atoms with E-state index in [0.717, 1.165) is 42.8 Å². The molecule has 2 aromatic rings. The molecule has 0 radical (unpaired) electrons. The SMILES string of the molecule is CN(C)C1(CCc2ccccc2)CCC(NC(=O)COCCN(C)S(=O)(=O)c2c(Cl)cccc2Cl)CC1. The van der Waals surface area contributed by atoms with Crippen LogP contribution in [0.5, 0.6) is 0 Å². The minimum atomic E-state index is -3.88. The lowest BCUT2D eigenvalue weighted by atomic mass is 9.75. The van der Waals surface area contributed by atoms with E-state index in [2.05, 4.69) is 48.6 Å². The zero-order valence-corrected chi connectivity index (χ0v) is 24.1. The van der Waals surface area contributed by atoms with Crippen molar-refractivity contribution in [2.45, 2.75) is 55.0 Å². The molecule has 0 spiro atoms. The van der Waals surface area contributed by atoms with Crippen LogP contribution in [0.15, 0.2) is 53.4 Å². The van der Waals surface area contributed by atoms with E-state index >= 15 is 0 Å². The minimum absolute atomic E-state index is 0.0606. The number of amides is 1. The van der Waals surface area contributed by atoms with Crippen molar-refractivity contribution < 1.29 is 17.9 Å². The van der Waals surface area contributed by atoms with Crippen LogP contribution in [0.4, 0.5) is 0 Å². The van der Waals surface area contributed by atoms with Crippen molar-refractivity contribution in [2.75, 3.05) is 40.9 Å². The maximum Gasteiger partial charge on any atom is 0.246 e. The molecule has 0 unspecified atom stereocenters. The summed E-state index contributed by atoms with van der Waals surface area (Å²) in [4.78, 5) is 14.7. The van der Waals surface area contributed by atoms with Crippen LogP contribution in [0.1, 0.15) is 37.7 Å². The normalized spacial score (nSPS) is 20.4. The number of rotatable bonds is 12. The summed E-state index contributed by atoms with van der Waals surface area (Å²) in [6, 6.07) is 15.2. The molecule has 0 aliphatic heterocycles. The van der Waals surface area contributed by atoms with Crippen molar-refractivity contribution in [3.8, 4) is 0 Å². The van der Waals surface area contributed by atoms with Crippen molar-refractivity contribution in [3.63, 3.8) is 0 Å². The number of ether oxygens (including phenoxy) is 1. The molecular formula is C27H37Cl2N3O4S. The number of hydrogen-bond donors (Lipinski definition) is 1. The molecule has 2 aromatic carbocycles. The van der Waals surface area contributed by atoms with Crippen LogP contribution in [0.25, 0.3) is 0 Å². The molecule has 0 aromatic heterocycles. The zero-order chi connectivity index (χ0) is 27.1. The first-order valence-corrected chi connectivity index (χ1v) is 14.7. The number of hydrogen-bond acceptors (Lipinski definition) is 5. The molecule has 1 aliphatic carbocycles. The summed E-state index contributed by atoms with van der Waals surface area (Å²) in [5, 5.41) is 3.20. The molecule has 1 aliphatic rings. The average Bonchev–Trinajstić information content (AvgIpc) is 2.86. The van der Waals surface area contributed by atoms with Gasteiger partial charge in [0.2, 0.25) is 15.9 Å². The van der Waals surface area contributed by atoms with Crippen LogP contribution >= 0.6 is 23.2 Å². The molecule has 0 atom stereocenters. The predicted molar refractivity (Wildman–Crippen MR) is 149 cm³/mol. The topological polar surface area (TPSA) is 79.0 Å². The van der Waals surface area contributed by atoms with Crippen LogP contribution in [0.3, 0.4) is 0 Å². The van der Waals surface area contributed by atoms with Gasteiger partial charge < -0.3 is 15.0 Å². The van der Waals surface area contributed by atoms with Gasteiger partial charge in [0.25, 0.3) is 0 Å². The number of halogens is 2. The maximum absolute atomic E-state index is 12.8. The first kappa shape index (κ1) is 29.9. The largest absolute Gasteiger partial charge is 0.370 e. The van der Waals surface area contributed by atoms with E-state index < -0.39 is 10.0 Å². The first-order chi connectivity index (χ1) is 17.5. The van der Waals surface area contributed by atoms with Crippen LogP contribution in [0.2, 0.25) is 10.0 Å². The standard InChI is InChI=1S/C27H37Cl2N3O4S/c1-31(2)27(15-12-21-8-5-4-6-9-21)16-13-22(14-17-27)30-25(33)20-36-19-18-32(3)37(34,35)26-23(28)10-7-11-24(26)29/h4-11,22H,12-20H2,1-3H3,(H,30,33). The molecule has 0 bridgehead atoms. The van der Waals surface area contributed by atoms with E-state index in [-0.39, 0.29) is 52.2 Å². The quantitative estimate of drug-likeness (QED) is 0.377. The Labute approximate surface area is 231 Å². The van der Waals surface area contributed by atoms with Gasteiger partial charge in [-0.1, -0.05) is 59.6 Å². The second-order valence-electron chi connectivity index (χ2n) is 9.88. The Balaban J connectivity index is 1.41. The number of nitrogens with one attached hydrogen (secondary N) is 1. The molecule has 204 valence electrons. The summed E-state index contributed by atoms with van der Waals surface area (Å²) >= 11 is 12.1. The Morgan fingerprint density at radius 2 is 1.65 bits per heavy atom. The molecule has 37 heavy (non-hydrogen) atoms. The number of carbonyl (C=O) groups excluding carboxylic acids is 1. The smallest absolute Gasteiger partial charge is 0.246 e. The van der Waals surface area contributed by atoms with Gasteiger partial charge in [-0.3, -0.25) is 4.79 Å². The van der Waals surface area contributed by atoms with Gasteiger partial charge in [0.1, 0.15) is 11.5 Å². The molecular weight excluding hydrogens is 533 g/mol. The van der Waals surface area contributed by atoms with Gasteiger partial charge in [0.05, 0.1) is 16.7 Å². The summed E-state index contributed by atoms with van der Waals surface area (Å²) in [5.74, 6) is -0.189. The number of likely N-dealkylation sites (N-methyl/N-ethyl adjacent to an activating group) is 1. The number of nitrogens with zero attached hydrogens (tertiary/aromatic N) is 2. The highest BCUT2D eigenvalue weighted by Crippen LogP contribution is 2.36. The molecule has 0 heterocycles. The zero-order valence-electron chi connectivity index (χ0n) is 21.8.